The van der Waals surface area contributed by atoms with Crippen molar-refractivity contribution >= 4 is 17.4 Å². The van der Waals surface area contributed by atoms with E-state index >= 15 is 0 Å². The van der Waals surface area contributed by atoms with Crippen LogP contribution in [0.1, 0.15) is 62.3 Å². The minimum atomic E-state index is -3.06. The minimum Gasteiger partial charge on any atom is -0.393 e. The van der Waals surface area contributed by atoms with Gasteiger partial charge < -0.3 is 17.4 Å². The Bertz CT molecular complexity index is 244. The molecule has 0 rings (SSSR count). The van der Waals surface area contributed by atoms with Gasteiger partial charge in [0, 0.05) is 19.8 Å². The summed E-state index contributed by atoms with van der Waals surface area (Å²) in [4.78, 5) is 0. The number of rotatable bonds is 11. The summed E-state index contributed by atoms with van der Waals surface area (Å²) in [5, 5.41) is 0. The first-order valence-electron chi connectivity index (χ1n) is 8.34. The van der Waals surface area contributed by atoms with Crippen molar-refractivity contribution < 1.29 is 17.4 Å². The van der Waals surface area contributed by atoms with Gasteiger partial charge in [0.25, 0.3) is 0 Å². The van der Waals surface area contributed by atoms with Crippen molar-refractivity contribution in [1.82, 2.24) is 0 Å². The second-order valence-electron chi connectivity index (χ2n) is 6.22. The number of hydrogen-bond donors (Lipinski definition) is 0. The van der Waals surface area contributed by atoms with Gasteiger partial charge >= 0.3 is 9.05 Å². The lowest BCUT2D eigenvalue weighted by Crippen LogP contribution is -2.61. The van der Waals surface area contributed by atoms with Crippen molar-refractivity contribution in [3.63, 3.8) is 0 Å². The standard InChI is InChI=1S/C15H36O4Si2/c1-10-16-21(17-11-2,18-12-3)19-20(13(4)5,14(6)7)15(8)9/h13-15H,10-12H2,1-9H3. The zero-order valence-electron chi connectivity index (χ0n) is 15.5. The van der Waals surface area contributed by atoms with E-state index in [4.69, 9.17) is 17.4 Å². The van der Waals surface area contributed by atoms with Crippen molar-refractivity contribution in [2.75, 3.05) is 19.8 Å². The van der Waals surface area contributed by atoms with E-state index in [0.29, 0.717) is 36.4 Å². The maximum absolute atomic E-state index is 6.74. The summed E-state index contributed by atoms with van der Waals surface area (Å²) >= 11 is 0. The van der Waals surface area contributed by atoms with Crippen LogP contribution in [0.4, 0.5) is 0 Å². The molecule has 21 heavy (non-hydrogen) atoms. The summed E-state index contributed by atoms with van der Waals surface area (Å²) in [5.41, 5.74) is 1.43. The van der Waals surface area contributed by atoms with E-state index in [2.05, 4.69) is 41.5 Å². The Morgan fingerprint density at radius 3 is 1.10 bits per heavy atom. The molecule has 0 aliphatic carbocycles. The molecule has 0 saturated heterocycles. The van der Waals surface area contributed by atoms with Gasteiger partial charge in [0.05, 0.1) is 0 Å². The largest absolute Gasteiger partial charge is 0.669 e. The molecule has 4 nitrogen and oxygen atoms in total. The van der Waals surface area contributed by atoms with E-state index in [1.54, 1.807) is 0 Å². The third kappa shape index (κ3) is 5.15. The monoisotopic (exact) mass is 336 g/mol. The van der Waals surface area contributed by atoms with E-state index < -0.39 is 17.4 Å². The molecule has 0 N–H and O–H groups in total. The fourth-order valence-corrected chi connectivity index (χ4v) is 13.9. The highest BCUT2D eigenvalue weighted by molar-refractivity contribution is 6.83. The predicted molar refractivity (Wildman–Crippen MR) is 92.8 cm³/mol. The third-order valence-corrected chi connectivity index (χ3v) is 13.7. The Morgan fingerprint density at radius 1 is 0.619 bits per heavy atom. The summed E-state index contributed by atoms with van der Waals surface area (Å²) in [7, 11) is -5.15. The molecule has 0 fully saturated rings. The zero-order chi connectivity index (χ0) is 16.7. The Labute approximate surface area is 134 Å². The molecule has 0 radical (unpaired) electrons. The molecule has 0 unspecified atom stereocenters. The summed E-state index contributed by atoms with van der Waals surface area (Å²) in [6.07, 6.45) is 0. The molecule has 128 valence electrons. The summed E-state index contributed by atoms with van der Waals surface area (Å²) < 4.78 is 24.5. The van der Waals surface area contributed by atoms with Gasteiger partial charge in [-0.2, -0.15) is 0 Å². The van der Waals surface area contributed by atoms with Gasteiger partial charge in [-0.3, -0.25) is 0 Å². The van der Waals surface area contributed by atoms with Crippen LogP contribution in [-0.4, -0.2) is 37.2 Å². The van der Waals surface area contributed by atoms with Gasteiger partial charge in [-0.05, 0) is 37.4 Å². The van der Waals surface area contributed by atoms with Crippen LogP contribution in [0.2, 0.25) is 16.6 Å². The van der Waals surface area contributed by atoms with Crippen LogP contribution < -0.4 is 0 Å². The predicted octanol–water partition coefficient (Wildman–Crippen LogP) is 4.72. The van der Waals surface area contributed by atoms with Gasteiger partial charge in [0.15, 0.2) is 8.32 Å². The highest BCUT2D eigenvalue weighted by Gasteiger charge is 2.56. The van der Waals surface area contributed by atoms with Crippen LogP contribution in [0.15, 0.2) is 0 Å². The topological polar surface area (TPSA) is 36.9 Å². The van der Waals surface area contributed by atoms with Gasteiger partial charge in [0.2, 0.25) is 0 Å². The Morgan fingerprint density at radius 2 is 0.905 bits per heavy atom. The van der Waals surface area contributed by atoms with Crippen molar-refractivity contribution in [3.8, 4) is 0 Å². The smallest absolute Gasteiger partial charge is 0.393 e. The first-order chi connectivity index (χ1) is 9.72. The summed E-state index contributed by atoms with van der Waals surface area (Å²) in [6, 6.07) is 0. The molecule has 0 amide bonds. The average molecular weight is 337 g/mol. The first-order valence-corrected chi connectivity index (χ1v) is 12.1. The lowest BCUT2D eigenvalue weighted by molar-refractivity contribution is 0.00420. The van der Waals surface area contributed by atoms with Crippen molar-refractivity contribution in [1.29, 1.82) is 0 Å². The SMILES string of the molecule is CCO[Si](OCC)(OCC)O[Si](C(C)C)(C(C)C)C(C)C. The Balaban J connectivity index is 5.66. The summed E-state index contributed by atoms with van der Waals surface area (Å²) in [5.74, 6) is 0. The maximum Gasteiger partial charge on any atom is 0.669 e. The van der Waals surface area contributed by atoms with Crippen molar-refractivity contribution in [3.05, 3.63) is 0 Å². The highest BCUT2D eigenvalue weighted by atomic mass is 28.5. The maximum atomic E-state index is 6.74. The van der Waals surface area contributed by atoms with Crippen LogP contribution in [0.3, 0.4) is 0 Å². The normalized spacial score (nSPS) is 13.7. The van der Waals surface area contributed by atoms with E-state index in [0.717, 1.165) is 0 Å². The van der Waals surface area contributed by atoms with E-state index in [1.165, 1.54) is 0 Å². The second-order valence-corrected chi connectivity index (χ2v) is 14.1. The van der Waals surface area contributed by atoms with Crippen molar-refractivity contribution in [2.24, 2.45) is 0 Å². The van der Waals surface area contributed by atoms with Crippen LogP contribution >= 0.6 is 0 Å². The molecule has 0 aliphatic rings. The highest BCUT2D eigenvalue weighted by Crippen LogP contribution is 2.44. The first kappa shape index (κ1) is 21.3. The molecule has 0 aromatic rings. The van der Waals surface area contributed by atoms with Gasteiger partial charge in [-0.1, -0.05) is 41.5 Å². The Kier molecular flexibility index (Phi) is 9.54. The third-order valence-electron chi connectivity index (χ3n) is 3.97. The molecular formula is C15H36O4Si2. The molecule has 0 aromatic heterocycles. The molecule has 6 heteroatoms. The molecule has 0 bridgehead atoms. The van der Waals surface area contributed by atoms with Gasteiger partial charge in [-0.15, -0.1) is 0 Å². The zero-order valence-corrected chi connectivity index (χ0v) is 17.5. The van der Waals surface area contributed by atoms with E-state index in [9.17, 15) is 0 Å². The number of hydrogen-bond acceptors (Lipinski definition) is 4. The Hall–Kier alpha value is 0.274. The molecular weight excluding hydrogens is 300 g/mol. The molecule has 0 saturated carbocycles. The molecule has 0 heterocycles. The van der Waals surface area contributed by atoms with Gasteiger partial charge in [-0.25, -0.2) is 0 Å². The molecule has 0 aliphatic heterocycles. The lowest BCUT2D eigenvalue weighted by Gasteiger charge is -2.46. The molecule has 0 spiro atoms. The fourth-order valence-electron chi connectivity index (χ4n) is 3.31. The van der Waals surface area contributed by atoms with Crippen molar-refractivity contribution in [2.45, 2.75) is 78.9 Å². The quantitative estimate of drug-likeness (QED) is 0.511. The average Bonchev–Trinajstić information content (AvgIpc) is 2.35. The van der Waals surface area contributed by atoms with Crippen LogP contribution in [0.25, 0.3) is 0 Å². The minimum absolute atomic E-state index is 0.478. The molecule has 0 atom stereocenters. The summed E-state index contributed by atoms with van der Waals surface area (Å²) in [6.45, 7) is 21.1. The van der Waals surface area contributed by atoms with E-state index in [1.807, 2.05) is 20.8 Å². The van der Waals surface area contributed by atoms with Crippen LogP contribution in [-0.2, 0) is 17.4 Å². The van der Waals surface area contributed by atoms with Crippen LogP contribution in [0, 0.1) is 0 Å². The second kappa shape index (κ2) is 9.42. The van der Waals surface area contributed by atoms with Gasteiger partial charge in [0.1, 0.15) is 0 Å². The van der Waals surface area contributed by atoms with Crippen LogP contribution in [0.5, 0.6) is 0 Å². The van der Waals surface area contributed by atoms with E-state index in [-0.39, 0.29) is 0 Å². The molecule has 0 aromatic carbocycles. The fraction of sp³-hybridized carbons (Fsp3) is 1.00. The lowest BCUT2D eigenvalue weighted by atomic mass is 10.5.